The highest BCUT2D eigenvalue weighted by Crippen LogP contribution is 2.29. The summed E-state index contributed by atoms with van der Waals surface area (Å²) in [4.78, 5) is 35.6. The molecule has 0 aliphatic rings. The Kier molecular flexibility index (Phi) is 6.71. The zero-order valence-electron chi connectivity index (χ0n) is 15.6. The minimum atomic E-state index is -1.47. The predicted octanol–water partition coefficient (Wildman–Crippen LogP) is 5.17. The summed E-state index contributed by atoms with van der Waals surface area (Å²) in [6.07, 6.45) is -1.47. The van der Waals surface area contributed by atoms with Gasteiger partial charge in [0.25, 0.3) is 11.6 Å². The number of halogens is 3. The third-order valence-electron chi connectivity index (χ3n) is 4.14. The second-order valence-electron chi connectivity index (χ2n) is 6.23. The van der Waals surface area contributed by atoms with E-state index >= 15 is 0 Å². The highest BCUT2D eigenvalue weighted by Gasteiger charge is 2.27. The van der Waals surface area contributed by atoms with Crippen LogP contribution in [0.2, 0.25) is 0 Å². The molecule has 0 saturated heterocycles. The number of nitro benzene ring substituents is 1. The van der Waals surface area contributed by atoms with Crippen LogP contribution in [0.4, 0.5) is 20.2 Å². The number of rotatable bonds is 6. The molecule has 0 radical (unpaired) electrons. The lowest BCUT2D eigenvalue weighted by atomic mass is 10.1. The summed E-state index contributed by atoms with van der Waals surface area (Å²) in [6.45, 7) is 0. The number of carbonyl (C=O) groups is 2. The van der Waals surface area contributed by atoms with E-state index in [1.807, 2.05) is 0 Å². The van der Waals surface area contributed by atoms with E-state index in [2.05, 4.69) is 21.2 Å². The maximum atomic E-state index is 14.0. The average molecular weight is 491 g/mol. The number of amides is 1. The van der Waals surface area contributed by atoms with E-state index in [9.17, 15) is 28.5 Å². The molecule has 10 heteroatoms. The van der Waals surface area contributed by atoms with Crippen molar-refractivity contribution in [2.45, 2.75) is 6.10 Å². The van der Waals surface area contributed by atoms with E-state index in [1.54, 1.807) is 18.2 Å². The van der Waals surface area contributed by atoms with Gasteiger partial charge in [0.05, 0.1) is 16.2 Å². The van der Waals surface area contributed by atoms with Crippen molar-refractivity contribution < 1.29 is 28.0 Å². The number of esters is 1. The van der Waals surface area contributed by atoms with E-state index in [0.717, 1.165) is 12.1 Å². The molecular formula is C21H13BrF2N2O5. The Bertz CT molecular complexity index is 1160. The Hall–Kier alpha value is -3.66. The number of hydrogen-bond acceptors (Lipinski definition) is 5. The normalized spacial score (nSPS) is 11.5. The van der Waals surface area contributed by atoms with E-state index in [4.69, 9.17) is 4.74 Å². The molecule has 3 aromatic rings. The second kappa shape index (κ2) is 9.43. The summed E-state index contributed by atoms with van der Waals surface area (Å²) in [7, 11) is 0. The zero-order chi connectivity index (χ0) is 22.5. The van der Waals surface area contributed by atoms with Crippen molar-refractivity contribution in [3.05, 3.63) is 104 Å². The number of nitrogens with zero attached hydrogens (tertiary/aromatic N) is 1. The highest BCUT2D eigenvalue weighted by molar-refractivity contribution is 9.10. The molecule has 1 atom stereocenters. The Morgan fingerprint density at radius 2 is 1.74 bits per heavy atom. The molecule has 0 saturated carbocycles. The smallest absolute Gasteiger partial charge is 0.342 e. The van der Waals surface area contributed by atoms with Crippen molar-refractivity contribution in [2.24, 2.45) is 0 Å². The van der Waals surface area contributed by atoms with Crippen molar-refractivity contribution in [3.63, 3.8) is 0 Å². The molecule has 0 unspecified atom stereocenters. The monoisotopic (exact) mass is 490 g/mol. The fourth-order valence-corrected chi connectivity index (χ4v) is 3.11. The summed E-state index contributed by atoms with van der Waals surface area (Å²) in [5.74, 6) is -3.94. The van der Waals surface area contributed by atoms with Gasteiger partial charge in [0.2, 0.25) is 6.10 Å². The maximum Gasteiger partial charge on any atom is 0.342 e. The van der Waals surface area contributed by atoms with E-state index in [1.165, 1.54) is 30.3 Å². The fourth-order valence-electron chi connectivity index (χ4n) is 2.64. The Labute approximate surface area is 182 Å². The SMILES string of the molecule is O=C(O[C@@H](C(=O)Nc1ccc([N+](=O)[O-])cc1Br)c1ccccc1)c1ccc(F)cc1F. The van der Waals surface area contributed by atoms with Gasteiger partial charge in [-0.3, -0.25) is 14.9 Å². The number of non-ortho nitro benzene ring substituents is 1. The number of ether oxygens (including phenoxy) is 1. The van der Waals surface area contributed by atoms with Crippen molar-refractivity contribution in [2.75, 3.05) is 5.32 Å². The van der Waals surface area contributed by atoms with Crippen LogP contribution in [0.3, 0.4) is 0 Å². The molecule has 1 N–H and O–H groups in total. The van der Waals surface area contributed by atoms with Gasteiger partial charge in [0, 0.05) is 28.2 Å². The van der Waals surface area contributed by atoms with E-state index in [-0.39, 0.29) is 15.8 Å². The fraction of sp³-hybridized carbons (Fsp3) is 0.0476. The van der Waals surface area contributed by atoms with Gasteiger partial charge in [-0.25, -0.2) is 13.6 Å². The number of carbonyl (C=O) groups excluding carboxylic acids is 2. The quantitative estimate of drug-likeness (QED) is 0.292. The Morgan fingerprint density at radius 1 is 1.03 bits per heavy atom. The second-order valence-corrected chi connectivity index (χ2v) is 7.09. The van der Waals surface area contributed by atoms with Crippen molar-refractivity contribution in [3.8, 4) is 0 Å². The molecule has 0 aliphatic heterocycles. The zero-order valence-corrected chi connectivity index (χ0v) is 17.1. The van der Waals surface area contributed by atoms with Crippen LogP contribution >= 0.6 is 15.9 Å². The van der Waals surface area contributed by atoms with Crippen LogP contribution in [0.1, 0.15) is 22.0 Å². The average Bonchev–Trinajstić information content (AvgIpc) is 2.73. The molecule has 0 aliphatic carbocycles. The van der Waals surface area contributed by atoms with Gasteiger partial charge in [0.15, 0.2) is 0 Å². The van der Waals surface area contributed by atoms with Crippen LogP contribution in [0.5, 0.6) is 0 Å². The van der Waals surface area contributed by atoms with Crippen molar-refractivity contribution in [1.82, 2.24) is 0 Å². The first-order valence-corrected chi connectivity index (χ1v) is 9.51. The lowest BCUT2D eigenvalue weighted by Crippen LogP contribution is -2.26. The van der Waals surface area contributed by atoms with E-state index < -0.39 is 40.1 Å². The summed E-state index contributed by atoms with van der Waals surface area (Å²) in [6, 6.07) is 14.0. The molecular weight excluding hydrogens is 478 g/mol. The first-order valence-electron chi connectivity index (χ1n) is 8.72. The predicted molar refractivity (Wildman–Crippen MR) is 110 cm³/mol. The molecule has 158 valence electrons. The van der Waals surface area contributed by atoms with Gasteiger partial charge in [-0.2, -0.15) is 0 Å². The largest absolute Gasteiger partial charge is 0.444 e. The minimum absolute atomic E-state index is 0.192. The molecule has 3 aromatic carbocycles. The van der Waals surface area contributed by atoms with Gasteiger partial charge in [-0.05, 0) is 34.1 Å². The first-order chi connectivity index (χ1) is 14.8. The highest BCUT2D eigenvalue weighted by atomic mass is 79.9. The van der Waals surface area contributed by atoms with Gasteiger partial charge in [-0.15, -0.1) is 0 Å². The van der Waals surface area contributed by atoms with Crippen LogP contribution in [0.15, 0.2) is 71.2 Å². The minimum Gasteiger partial charge on any atom is -0.444 e. The van der Waals surface area contributed by atoms with Crippen LogP contribution in [0.25, 0.3) is 0 Å². The number of nitro groups is 1. The summed E-state index contributed by atoms with van der Waals surface area (Å²) in [5.41, 5.74) is -0.233. The number of benzene rings is 3. The topological polar surface area (TPSA) is 98.5 Å². The summed E-state index contributed by atoms with van der Waals surface area (Å²) >= 11 is 3.14. The molecule has 3 rings (SSSR count). The molecule has 0 aromatic heterocycles. The van der Waals surface area contributed by atoms with Crippen molar-refractivity contribution in [1.29, 1.82) is 0 Å². The van der Waals surface area contributed by atoms with Crippen LogP contribution in [-0.2, 0) is 9.53 Å². The molecule has 1 amide bonds. The lowest BCUT2D eigenvalue weighted by molar-refractivity contribution is -0.384. The molecule has 0 heterocycles. The number of hydrogen-bond donors (Lipinski definition) is 1. The number of anilines is 1. The third kappa shape index (κ3) is 5.28. The van der Waals surface area contributed by atoms with Gasteiger partial charge in [-0.1, -0.05) is 30.3 Å². The molecule has 7 nitrogen and oxygen atoms in total. The summed E-state index contributed by atoms with van der Waals surface area (Å²) in [5, 5.41) is 13.4. The van der Waals surface area contributed by atoms with Gasteiger partial charge >= 0.3 is 5.97 Å². The maximum absolute atomic E-state index is 14.0. The Balaban J connectivity index is 1.88. The van der Waals surface area contributed by atoms with Crippen LogP contribution in [-0.4, -0.2) is 16.8 Å². The Morgan fingerprint density at radius 3 is 2.35 bits per heavy atom. The third-order valence-corrected chi connectivity index (χ3v) is 4.79. The standard InChI is InChI=1S/C21H13BrF2N2O5/c22-16-11-14(26(29)30)7-9-18(16)25-20(27)19(12-4-2-1-3-5-12)31-21(28)15-8-6-13(23)10-17(15)24/h1-11,19H,(H,25,27)/t19-/m1/s1. The van der Waals surface area contributed by atoms with Gasteiger partial charge < -0.3 is 10.1 Å². The van der Waals surface area contributed by atoms with Gasteiger partial charge in [0.1, 0.15) is 11.6 Å². The lowest BCUT2D eigenvalue weighted by Gasteiger charge is -2.19. The molecule has 31 heavy (non-hydrogen) atoms. The van der Waals surface area contributed by atoms with Crippen LogP contribution < -0.4 is 5.32 Å². The summed E-state index contributed by atoms with van der Waals surface area (Å²) < 4.78 is 32.6. The number of nitrogens with one attached hydrogen (secondary N) is 1. The van der Waals surface area contributed by atoms with E-state index in [0.29, 0.717) is 11.6 Å². The van der Waals surface area contributed by atoms with Crippen LogP contribution in [0, 0.1) is 21.7 Å². The first kappa shape index (κ1) is 22.0. The molecule has 0 fully saturated rings. The molecule has 0 spiro atoms. The van der Waals surface area contributed by atoms with Crippen molar-refractivity contribution >= 4 is 39.2 Å². The molecule has 0 bridgehead atoms.